The van der Waals surface area contributed by atoms with Crippen molar-refractivity contribution in [2.24, 2.45) is 5.41 Å². The van der Waals surface area contributed by atoms with Crippen LogP contribution >= 0.6 is 11.3 Å². The minimum Gasteiger partial charge on any atom is -0.481 e. The van der Waals surface area contributed by atoms with Gasteiger partial charge in [0.2, 0.25) is 0 Å². The number of carboxylic acid groups (broad SMARTS) is 1. The van der Waals surface area contributed by atoms with E-state index in [4.69, 9.17) is 5.11 Å². The highest BCUT2D eigenvalue weighted by molar-refractivity contribution is 7.12. The number of aryl methyl sites for hydroxylation is 2. The molecule has 0 saturated heterocycles. The summed E-state index contributed by atoms with van der Waals surface area (Å²) in [7, 11) is 0. The van der Waals surface area contributed by atoms with Crippen LogP contribution in [0.25, 0.3) is 0 Å². The Morgan fingerprint density at radius 3 is 2.87 bits per heavy atom. The summed E-state index contributed by atoms with van der Waals surface area (Å²) in [6, 6.07) is 2.21. The molecule has 0 unspecified atom stereocenters. The SMILES string of the molecule is CC(C)(Cc1cc2c(s1)CCC2)C(=O)O. The molecule has 1 aromatic rings. The Labute approximate surface area is 93.9 Å². The zero-order valence-electron chi connectivity index (χ0n) is 9.17. The lowest BCUT2D eigenvalue weighted by atomic mass is 9.89. The van der Waals surface area contributed by atoms with Crippen molar-refractivity contribution in [2.45, 2.75) is 39.5 Å². The smallest absolute Gasteiger partial charge is 0.309 e. The molecule has 0 fully saturated rings. The summed E-state index contributed by atoms with van der Waals surface area (Å²) in [6.45, 7) is 3.58. The molecule has 2 nitrogen and oxygen atoms in total. The first-order valence-corrected chi connectivity index (χ1v) is 6.14. The Morgan fingerprint density at radius 1 is 1.53 bits per heavy atom. The second kappa shape index (κ2) is 3.63. The van der Waals surface area contributed by atoms with Crippen LogP contribution in [-0.4, -0.2) is 11.1 Å². The molecule has 1 heterocycles. The van der Waals surface area contributed by atoms with Gasteiger partial charge in [-0.2, -0.15) is 0 Å². The standard InChI is InChI=1S/C12H16O2S/c1-12(2,11(13)14)7-9-6-8-4-3-5-10(8)15-9/h6H,3-5,7H2,1-2H3,(H,13,14). The lowest BCUT2D eigenvalue weighted by Gasteiger charge is -2.17. The van der Waals surface area contributed by atoms with Crippen molar-refractivity contribution in [3.63, 3.8) is 0 Å². The molecule has 3 heteroatoms. The van der Waals surface area contributed by atoms with E-state index in [9.17, 15) is 4.79 Å². The first-order valence-electron chi connectivity index (χ1n) is 5.33. The van der Waals surface area contributed by atoms with E-state index in [1.165, 1.54) is 34.6 Å². The first kappa shape index (κ1) is 10.7. The molecule has 0 aliphatic heterocycles. The molecule has 0 bridgehead atoms. The van der Waals surface area contributed by atoms with Crippen molar-refractivity contribution in [1.82, 2.24) is 0 Å². The minimum atomic E-state index is -0.712. The lowest BCUT2D eigenvalue weighted by molar-refractivity contribution is -0.146. The molecule has 0 saturated carbocycles. The second-order valence-electron chi connectivity index (χ2n) is 4.88. The van der Waals surface area contributed by atoms with Crippen LogP contribution in [0.4, 0.5) is 0 Å². The van der Waals surface area contributed by atoms with Crippen LogP contribution in [0.1, 0.15) is 35.6 Å². The normalized spacial score (nSPS) is 15.3. The van der Waals surface area contributed by atoms with Crippen LogP contribution in [0.3, 0.4) is 0 Å². The quantitative estimate of drug-likeness (QED) is 0.857. The van der Waals surface area contributed by atoms with Crippen LogP contribution < -0.4 is 0 Å². The largest absolute Gasteiger partial charge is 0.481 e. The van der Waals surface area contributed by atoms with Gasteiger partial charge < -0.3 is 5.11 Å². The molecule has 1 N–H and O–H groups in total. The highest BCUT2D eigenvalue weighted by Gasteiger charge is 2.29. The van der Waals surface area contributed by atoms with E-state index < -0.39 is 11.4 Å². The van der Waals surface area contributed by atoms with E-state index in [1.54, 1.807) is 25.2 Å². The number of thiophene rings is 1. The molecule has 1 aromatic heterocycles. The van der Waals surface area contributed by atoms with Gasteiger partial charge in [-0.05, 0) is 51.2 Å². The first-order chi connectivity index (χ1) is 6.99. The molecule has 0 radical (unpaired) electrons. The zero-order valence-corrected chi connectivity index (χ0v) is 9.99. The number of fused-ring (bicyclic) bond motifs is 1. The van der Waals surface area contributed by atoms with Gasteiger partial charge in [0.25, 0.3) is 0 Å². The number of carboxylic acids is 1. The highest BCUT2D eigenvalue weighted by atomic mass is 32.1. The molecule has 0 aromatic carbocycles. The molecular weight excluding hydrogens is 208 g/mol. The van der Waals surface area contributed by atoms with Gasteiger partial charge in [0, 0.05) is 9.75 Å². The summed E-state index contributed by atoms with van der Waals surface area (Å²) in [6.07, 6.45) is 4.29. The maximum atomic E-state index is 11.0. The average Bonchev–Trinajstić information content (AvgIpc) is 2.62. The molecule has 2 rings (SSSR count). The summed E-state index contributed by atoms with van der Waals surface area (Å²) in [5.41, 5.74) is 0.815. The van der Waals surface area contributed by atoms with Crippen LogP contribution in [0.5, 0.6) is 0 Å². The van der Waals surface area contributed by atoms with Crippen molar-refractivity contribution in [2.75, 3.05) is 0 Å². The van der Waals surface area contributed by atoms with E-state index in [-0.39, 0.29) is 0 Å². The maximum absolute atomic E-state index is 11.0. The highest BCUT2D eigenvalue weighted by Crippen LogP contribution is 2.34. The average molecular weight is 224 g/mol. The molecule has 1 aliphatic carbocycles. The van der Waals surface area contributed by atoms with Crippen molar-refractivity contribution in [3.05, 3.63) is 21.4 Å². The van der Waals surface area contributed by atoms with Gasteiger partial charge in [0.15, 0.2) is 0 Å². The van der Waals surface area contributed by atoms with Crippen LogP contribution in [0.2, 0.25) is 0 Å². The summed E-state index contributed by atoms with van der Waals surface area (Å²) in [5.74, 6) is -0.712. The summed E-state index contributed by atoms with van der Waals surface area (Å²) in [4.78, 5) is 13.7. The van der Waals surface area contributed by atoms with Crippen molar-refractivity contribution in [1.29, 1.82) is 0 Å². The van der Waals surface area contributed by atoms with E-state index in [1.807, 2.05) is 0 Å². The second-order valence-corrected chi connectivity index (χ2v) is 6.10. The van der Waals surface area contributed by atoms with E-state index in [0.717, 1.165) is 0 Å². The minimum absolute atomic E-state index is 0.640. The predicted octanol–water partition coefficient (Wildman–Crippen LogP) is 2.89. The van der Waals surface area contributed by atoms with Crippen molar-refractivity contribution < 1.29 is 9.90 Å². The molecule has 0 amide bonds. The monoisotopic (exact) mass is 224 g/mol. The number of hydrogen-bond donors (Lipinski definition) is 1. The van der Waals surface area contributed by atoms with Crippen LogP contribution in [-0.2, 0) is 24.1 Å². The van der Waals surface area contributed by atoms with Crippen molar-refractivity contribution >= 4 is 17.3 Å². The fourth-order valence-corrected chi connectivity index (χ4v) is 3.48. The fraction of sp³-hybridized carbons (Fsp3) is 0.583. The third-order valence-corrected chi connectivity index (χ3v) is 4.23. The zero-order chi connectivity index (χ0) is 11.1. The molecule has 1 aliphatic rings. The number of rotatable bonds is 3. The van der Waals surface area contributed by atoms with E-state index >= 15 is 0 Å². The Bertz CT molecular complexity index is 369. The Hall–Kier alpha value is -0.830. The predicted molar refractivity (Wildman–Crippen MR) is 61.5 cm³/mol. The van der Waals surface area contributed by atoms with E-state index in [0.29, 0.717) is 6.42 Å². The molecular formula is C12H16O2S. The summed E-state index contributed by atoms with van der Waals surface area (Å²) < 4.78 is 0. The van der Waals surface area contributed by atoms with Gasteiger partial charge in [-0.25, -0.2) is 0 Å². The molecule has 15 heavy (non-hydrogen) atoms. The summed E-state index contributed by atoms with van der Waals surface area (Å²) in [5, 5.41) is 9.05. The number of aliphatic carboxylic acids is 1. The third kappa shape index (κ3) is 2.07. The van der Waals surface area contributed by atoms with Gasteiger partial charge in [0.1, 0.15) is 0 Å². The third-order valence-electron chi connectivity index (χ3n) is 2.99. The van der Waals surface area contributed by atoms with Crippen molar-refractivity contribution in [3.8, 4) is 0 Å². The van der Waals surface area contributed by atoms with E-state index in [2.05, 4.69) is 6.07 Å². The molecule has 0 spiro atoms. The molecule has 0 atom stereocenters. The van der Waals surface area contributed by atoms with Gasteiger partial charge >= 0.3 is 5.97 Å². The van der Waals surface area contributed by atoms with Crippen LogP contribution in [0, 0.1) is 5.41 Å². The van der Waals surface area contributed by atoms with Gasteiger partial charge in [-0.3, -0.25) is 4.79 Å². The number of carbonyl (C=O) groups is 1. The maximum Gasteiger partial charge on any atom is 0.309 e. The Morgan fingerprint density at radius 2 is 2.27 bits per heavy atom. The number of hydrogen-bond acceptors (Lipinski definition) is 2. The van der Waals surface area contributed by atoms with Crippen LogP contribution in [0.15, 0.2) is 6.07 Å². The Kier molecular flexibility index (Phi) is 2.59. The lowest BCUT2D eigenvalue weighted by Crippen LogP contribution is -2.25. The van der Waals surface area contributed by atoms with Gasteiger partial charge in [-0.15, -0.1) is 11.3 Å². The van der Waals surface area contributed by atoms with Gasteiger partial charge in [0.05, 0.1) is 5.41 Å². The summed E-state index contributed by atoms with van der Waals surface area (Å²) >= 11 is 1.80. The topological polar surface area (TPSA) is 37.3 Å². The Balaban J connectivity index is 2.15. The fourth-order valence-electron chi connectivity index (χ4n) is 1.99. The molecule has 82 valence electrons. The van der Waals surface area contributed by atoms with Gasteiger partial charge in [-0.1, -0.05) is 0 Å².